The van der Waals surface area contributed by atoms with E-state index in [1.165, 1.54) is 0 Å². The summed E-state index contributed by atoms with van der Waals surface area (Å²) >= 11 is 0. The Hall–Kier alpha value is -4.01. The molecule has 1 saturated heterocycles. The minimum absolute atomic E-state index is 0.0770. The van der Waals surface area contributed by atoms with Crippen LogP contribution in [-0.2, 0) is 19.2 Å². The Labute approximate surface area is 263 Å². The van der Waals surface area contributed by atoms with Gasteiger partial charge in [0.15, 0.2) is 0 Å². The van der Waals surface area contributed by atoms with Crippen molar-refractivity contribution in [2.75, 3.05) is 20.1 Å². The normalized spacial score (nSPS) is 14.5. The number of ketones is 1. The molecule has 15 heteroatoms. The smallest absolute Gasteiger partial charge is 0.475 e. The van der Waals surface area contributed by atoms with Crippen molar-refractivity contribution in [2.45, 2.75) is 76.7 Å². The van der Waals surface area contributed by atoms with Crippen LogP contribution >= 0.6 is 0 Å². The number of carbonyl (C=O) groups is 4. The molecule has 46 heavy (non-hydrogen) atoms. The van der Waals surface area contributed by atoms with Crippen molar-refractivity contribution < 1.29 is 55.7 Å². The molecule has 1 atom stereocenters. The Morgan fingerprint density at radius 2 is 1.41 bits per heavy atom. The van der Waals surface area contributed by atoms with Crippen molar-refractivity contribution >= 4 is 23.6 Å². The van der Waals surface area contributed by atoms with Gasteiger partial charge < -0.3 is 20.4 Å². The number of aromatic nitrogens is 1. The molecule has 2 heterocycles. The fourth-order valence-electron chi connectivity index (χ4n) is 4.29. The van der Waals surface area contributed by atoms with E-state index in [9.17, 15) is 35.9 Å². The Kier molecular flexibility index (Phi) is 17.0. The molecule has 9 nitrogen and oxygen atoms in total. The number of benzene rings is 1. The third kappa shape index (κ3) is 15.8. The molecule has 1 amide bonds. The number of halogens is 6. The number of likely N-dealkylation sites (tertiary alicyclic amines) is 1. The van der Waals surface area contributed by atoms with Gasteiger partial charge in [0.2, 0.25) is 5.91 Å². The van der Waals surface area contributed by atoms with Gasteiger partial charge in [-0.3, -0.25) is 14.6 Å². The topological polar surface area (TPSA) is 137 Å². The molecule has 1 fully saturated rings. The molecular formula is C31H39F6N3O6. The van der Waals surface area contributed by atoms with Gasteiger partial charge in [-0.25, -0.2) is 9.59 Å². The molecule has 1 aliphatic heterocycles. The van der Waals surface area contributed by atoms with Crippen molar-refractivity contribution in [1.82, 2.24) is 15.2 Å². The fourth-order valence-corrected chi connectivity index (χ4v) is 4.29. The summed E-state index contributed by atoms with van der Waals surface area (Å²) in [6, 6.07) is 16.1. The van der Waals surface area contributed by atoms with Crippen LogP contribution in [0.2, 0.25) is 0 Å². The Balaban J connectivity index is 0.000000629. The Morgan fingerprint density at radius 1 is 0.870 bits per heavy atom. The van der Waals surface area contributed by atoms with Gasteiger partial charge in [0.25, 0.3) is 0 Å². The number of pyridine rings is 1. The van der Waals surface area contributed by atoms with E-state index in [4.69, 9.17) is 24.8 Å². The van der Waals surface area contributed by atoms with Gasteiger partial charge in [0.1, 0.15) is 5.78 Å². The maximum Gasteiger partial charge on any atom is 0.490 e. The van der Waals surface area contributed by atoms with E-state index in [1.807, 2.05) is 43.3 Å². The van der Waals surface area contributed by atoms with Gasteiger partial charge in [-0.2, -0.15) is 26.3 Å². The number of unbranched alkanes of at least 4 members (excludes halogenated alkanes) is 2. The lowest BCUT2D eigenvalue weighted by molar-refractivity contribution is -0.193. The molecule has 0 bridgehead atoms. The predicted molar refractivity (Wildman–Crippen MR) is 157 cm³/mol. The maximum atomic E-state index is 13.1. The summed E-state index contributed by atoms with van der Waals surface area (Å²) in [6.07, 6.45) is -3.37. The van der Waals surface area contributed by atoms with Crippen molar-refractivity contribution in [3.8, 4) is 11.3 Å². The second-order valence-corrected chi connectivity index (χ2v) is 10.5. The standard InChI is InChI=1S/C27H37N3O2.2C2HF3O2/c1-3-23(31)13-8-5-9-14-26(29-27(32)22-17-19-30(2)20-18-22)25-16-10-15-24(28-25)21-11-6-4-7-12-21;2*3-2(4,5)1(6)7/h4,6-7,10-12,15-16,22,26H,3,5,8-9,13-14,17-20H2,1-2H3,(H,29,32);2*(H,6,7)/t26-;;/m0../s1. The zero-order valence-electron chi connectivity index (χ0n) is 25.5. The first-order chi connectivity index (χ1) is 21.4. The first kappa shape index (κ1) is 40.0. The van der Waals surface area contributed by atoms with Crippen molar-refractivity contribution in [1.29, 1.82) is 0 Å². The number of nitrogens with zero attached hydrogens (tertiary/aromatic N) is 2. The van der Waals surface area contributed by atoms with E-state index in [-0.39, 0.29) is 17.9 Å². The quantitative estimate of drug-likeness (QED) is 0.185. The van der Waals surface area contributed by atoms with E-state index in [0.29, 0.717) is 18.6 Å². The van der Waals surface area contributed by atoms with Crippen LogP contribution in [0.25, 0.3) is 11.3 Å². The van der Waals surface area contributed by atoms with Crippen LogP contribution in [-0.4, -0.2) is 76.2 Å². The summed E-state index contributed by atoms with van der Waals surface area (Å²) in [5.41, 5.74) is 2.92. The fraction of sp³-hybridized carbons (Fsp3) is 0.516. The molecule has 0 radical (unpaired) electrons. The number of aliphatic carboxylic acids is 2. The number of carboxylic acids is 2. The van der Waals surface area contributed by atoms with Gasteiger partial charge in [-0.15, -0.1) is 0 Å². The van der Waals surface area contributed by atoms with Crippen LogP contribution < -0.4 is 5.32 Å². The highest BCUT2D eigenvalue weighted by Gasteiger charge is 2.39. The molecule has 1 aliphatic rings. The predicted octanol–water partition coefficient (Wildman–Crippen LogP) is 6.44. The molecule has 0 unspecified atom stereocenters. The number of rotatable bonds is 11. The number of carboxylic acid groups (broad SMARTS) is 2. The van der Waals surface area contributed by atoms with Gasteiger partial charge in [-0.1, -0.05) is 56.2 Å². The Morgan fingerprint density at radius 3 is 1.91 bits per heavy atom. The summed E-state index contributed by atoms with van der Waals surface area (Å²) in [5, 5.41) is 17.6. The van der Waals surface area contributed by atoms with Crippen molar-refractivity contribution in [2.24, 2.45) is 5.92 Å². The lowest BCUT2D eigenvalue weighted by Gasteiger charge is -2.29. The zero-order valence-corrected chi connectivity index (χ0v) is 25.5. The summed E-state index contributed by atoms with van der Waals surface area (Å²) < 4.78 is 63.5. The summed E-state index contributed by atoms with van der Waals surface area (Å²) in [5.74, 6) is -4.96. The van der Waals surface area contributed by atoms with E-state index in [0.717, 1.165) is 68.6 Å². The van der Waals surface area contributed by atoms with Crippen LogP contribution in [0.5, 0.6) is 0 Å². The summed E-state index contributed by atoms with van der Waals surface area (Å²) in [6.45, 7) is 3.86. The SMILES string of the molecule is CCC(=O)CCCCC[C@H](NC(=O)C1CCN(C)CC1)c1cccc(-c2ccccc2)n1.O=C(O)C(F)(F)F.O=C(O)C(F)(F)F. The number of hydrogen-bond acceptors (Lipinski definition) is 6. The minimum atomic E-state index is -5.08. The first-order valence-electron chi connectivity index (χ1n) is 14.6. The van der Waals surface area contributed by atoms with E-state index in [2.05, 4.69) is 29.4 Å². The van der Waals surface area contributed by atoms with Crippen molar-refractivity contribution in [3.63, 3.8) is 0 Å². The third-order valence-electron chi connectivity index (χ3n) is 6.93. The molecule has 3 N–H and O–H groups in total. The molecule has 3 rings (SSSR count). The number of piperidine rings is 1. The van der Waals surface area contributed by atoms with Gasteiger partial charge in [0.05, 0.1) is 17.4 Å². The average Bonchev–Trinajstić information content (AvgIpc) is 3.00. The van der Waals surface area contributed by atoms with E-state index >= 15 is 0 Å². The van der Waals surface area contributed by atoms with Crippen LogP contribution in [0.3, 0.4) is 0 Å². The zero-order chi connectivity index (χ0) is 34.9. The first-order valence-corrected chi connectivity index (χ1v) is 14.6. The lowest BCUT2D eigenvalue weighted by Crippen LogP contribution is -2.40. The van der Waals surface area contributed by atoms with Gasteiger partial charge in [0, 0.05) is 24.3 Å². The highest BCUT2D eigenvalue weighted by molar-refractivity contribution is 5.79. The van der Waals surface area contributed by atoms with Gasteiger partial charge in [-0.05, 0) is 58.0 Å². The largest absolute Gasteiger partial charge is 0.490 e. The van der Waals surface area contributed by atoms with Crippen LogP contribution in [0.4, 0.5) is 26.3 Å². The molecule has 2 aromatic rings. The van der Waals surface area contributed by atoms with Crippen LogP contribution in [0.1, 0.15) is 70.0 Å². The monoisotopic (exact) mass is 663 g/mol. The van der Waals surface area contributed by atoms with Crippen LogP contribution in [0, 0.1) is 5.92 Å². The molecule has 1 aromatic carbocycles. The second-order valence-electron chi connectivity index (χ2n) is 10.5. The summed E-state index contributed by atoms with van der Waals surface area (Å²) in [4.78, 5) is 49.6. The van der Waals surface area contributed by atoms with Gasteiger partial charge >= 0.3 is 24.3 Å². The lowest BCUT2D eigenvalue weighted by atomic mass is 9.95. The number of amides is 1. The van der Waals surface area contributed by atoms with E-state index < -0.39 is 24.3 Å². The third-order valence-corrected chi connectivity index (χ3v) is 6.93. The Bertz CT molecular complexity index is 1230. The molecule has 1 aromatic heterocycles. The minimum Gasteiger partial charge on any atom is -0.475 e. The maximum absolute atomic E-state index is 13.1. The highest BCUT2D eigenvalue weighted by Crippen LogP contribution is 2.25. The number of nitrogens with one attached hydrogen (secondary N) is 1. The molecule has 0 aliphatic carbocycles. The molecule has 0 saturated carbocycles. The summed E-state index contributed by atoms with van der Waals surface area (Å²) in [7, 11) is 2.11. The van der Waals surface area contributed by atoms with E-state index in [1.54, 1.807) is 0 Å². The molecule has 0 spiro atoms. The van der Waals surface area contributed by atoms with Crippen LogP contribution in [0.15, 0.2) is 48.5 Å². The number of carbonyl (C=O) groups excluding carboxylic acids is 2. The average molecular weight is 664 g/mol. The molecule has 256 valence electrons. The van der Waals surface area contributed by atoms with Crippen molar-refractivity contribution in [3.05, 3.63) is 54.2 Å². The second kappa shape index (κ2) is 19.5. The highest BCUT2D eigenvalue weighted by atomic mass is 19.4. The number of hydrogen-bond donors (Lipinski definition) is 3. The number of Topliss-reactive ketones (excluding diaryl/α,β-unsaturated/α-hetero) is 1. The molecular weight excluding hydrogens is 624 g/mol. The number of alkyl halides is 6.